The molecule has 1 aromatic rings. The molecule has 18 heavy (non-hydrogen) atoms. The van der Waals surface area contributed by atoms with E-state index in [4.69, 9.17) is 10.1 Å². The Balaban J connectivity index is 2.19. The maximum absolute atomic E-state index is 11.2. The first-order valence-electron chi connectivity index (χ1n) is 6.00. The van der Waals surface area contributed by atoms with Gasteiger partial charge < -0.3 is 10.1 Å². The van der Waals surface area contributed by atoms with Crippen molar-refractivity contribution in [3.63, 3.8) is 0 Å². The van der Waals surface area contributed by atoms with Crippen LogP contribution in [0.4, 0.5) is 0 Å². The molecule has 0 fully saturated rings. The molecule has 0 spiro atoms. The quantitative estimate of drug-likeness (QED) is 0.594. The summed E-state index contributed by atoms with van der Waals surface area (Å²) in [5.41, 5.74) is 1.57. The van der Waals surface area contributed by atoms with Crippen LogP contribution >= 0.6 is 0 Å². The van der Waals surface area contributed by atoms with E-state index in [0.717, 1.165) is 6.54 Å². The summed E-state index contributed by atoms with van der Waals surface area (Å²) in [4.78, 5) is 13.3. The number of esters is 1. The van der Waals surface area contributed by atoms with E-state index in [-0.39, 0.29) is 12.4 Å². The van der Waals surface area contributed by atoms with Gasteiger partial charge in [0.25, 0.3) is 0 Å². The highest BCUT2D eigenvalue weighted by molar-refractivity contribution is 5.95. The van der Waals surface area contributed by atoms with Crippen LogP contribution in [0.2, 0.25) is 0 Å². The number of rotatable bonds is 7. The number of hydrogen-bond acceptors (Lipinski definition) is 4. The number of carbonyl (C=O) groups is 1. The first-order valence-corrected chi connectivity index (χ1v) is 6.00. The van der Waals surface area contributed by atoms with E-state index in [1.807, 2.05) is 25.2 Å². The van der Waals surface area contributed by atoms with Crippen LogP contribution in [0.15, 0.2) is 30.3 Å². The van der Waals surface area contributed by atoms with Crippen molar-refractivity contribution in [3.05, 3.63) is 35.9 Å². The zero-order valence-electron chi connectivity index (χ0n) is 11.0. The molecule has 4 heteroatoms. The zero-order chi connectivity index (χ0) is 13.4. The van der Waals surface area contributed by atoms with Crippen molar-refractivity contribution in [3.8, 4) is 0 Å². The minimum Gasteiger partial charge on any atom is -0.464 e. The molecule has 0 heterocycles. The molecule has 0 saturated carbocycles. The summed E-state index contributed by atoms with van der Waals surface area (Å²) in [7, 11) is 1.99. The number of benzene rings is 1. The van der Waals surface area contributed by atoms with E-state index in [0.29, 0.717) is 18.9 Å². The van der Waals surface area contributed by atoms with Gasteiger partial charge >= 0.3 is 5.97 Å². The van der Waals surface area contributed by atoms with Gasteiger partial charge in [-0.1, -0.05) is 30.3 Å². The summed E-state index contributed by atoms with van der Waals surface area (Å²) in [6, 6.07) is 10.2. The third kappa shape index (κ3) is 6.15. The molecule has 0 saturated heterocycles. The van der Waals surface area contributed by atoms with Crippen molar-refractivity contribution in [2.45, 2.75) is 19.9 Å². The molecule has 0 aliphatic rings. The molecule has 0 aliphatic carbocycles. The highest BCUT2D eigenvalue weighted by Gasteiger charge is 2.05. The van der Waals surface area contributed by atoms with Gasteiger partial charge in [-0.3, -0.25) is 9.69 Å². The zero-order valence-corrected chi connectivity index (χ0v) is 11.0. The molecule has 1 rings (SSSR count). The monoisotopic (exact) mass is 248 g/mol. The molecule has 0 radical (unpaired) electrons. The number of hydrogen-bond donors (Lipinski definition) is 1. The molecule has 4 nitrogen and oxygen atoms in total. The lowest BCUT2D eigenvalue weighted by Gasteiger charge is -2.16. The largest absolute Gasteiger partial charge is 0.464 e. The average molecular weight is 248 g/mol. The third-order valence-electron chi connectivity index (χ3n) is 2.44. The van der Waals surface area contributed by atoms with Crippen molar-refractivity contribution in [2.75, 3.05) is 20.2 Å². The summed E-state index contributed by atoms with van der Waals surface area (Å²) >= 11 is 0. The van der Waals surface area contributed by atoms with Gasteiger partial charge in [-0.25, -0.2) is 0 Å². The van der Waals surface area contributed by atoms with Crippen LogP contribution < -0.4 is 0 Å². The minimum atomic E-state index is -0.324. The molecule has 0 amide bonds. The first-order chi connectivity index (χ1) is 8.58. The minimum absolute atomic E-state index is 0.0857. The van der Waals surface area contributed by atoms with Crippen molar-refractivity contribution in [1.82, 2.24) is 4.90 Å². The van der Waals surface area contributed by atoms with Gasteiger partial charge in [0.05, 0.1) is 6.42 Å². The van der Waals surface area contributed by atoms with E-state index >= 15 is 0 Å². The number of carbonyl (C=O) groups excluding carboxylic acids is 1. The Morgan fingerprint density at radius 1 is 1.33 bits per heavy atom. The highest BCUT2D eigenvalue weighted by Crippen LogP contribution is 2.02. The van der Waals surface area contributed by atoms with Crippen molar-refractivity contribution in [2.24, 2.45) is 0 Å². The van der Waals surface area contributed by atoms with Gasteiger partial charge in [-0.15, -0.1) is 0 Å². The SMILES string of the molecule is CC(=N)CC(=O)OCCN(C)Cc1ccccc1. The van der Waals surface area contributed by atoms with Crippen LogP contribution in [0, 0.1) is 5.41 Å². The lowest BCUT2D eigenvalue weighted by molar-refractivity contribution is -0.142. The van der Waals surface area contributed by atoms with Crippen molar-refractivity contribution < 1.29 is 9.53 Å². The number of ether oxygens (including phenoxy) is 1. The standard InChI is InChI=1S/C14H20N2O2/c1-12(15)10-14(17)18-9-8-16(2)11-13-6-4-3-5-7-13/h3-7,15H,8-11H2,1-2H3. The molecular formula is C14H20N2O2. The average Bonchev–Trinajstić information content (AvgIpc) is 2.29. The third-order valence-corrected chi connectivity index (χ3v) is 2.44. The summed E-state index contributed by atoms with van der Waals surface area (Å²) in [6.07, 6.45) is 0.0857. The Kier molecular flexibility index (Phi) is 6.08. The topological polar surface area (TPSA) is 53.4 Å². The second kappa shape index (κ2) is 7.61. The summed E-state index contributed by atoms with van der Waals surface area (Å²) in [6.45, 7) is 3.50. The van der Waals surface area contributed by atoms with E-state index in [1.54, 1.807) is 6.92 Å². The lowest BCUT2D eigenvalue weighted by Crippen LogP contribution is -2.24. The maximum atomic E-state index is 11.2. The predicted octanol–water partition coefficient (Wildman–Crippen LogP) is 2.09. The second-order valence-corrected chi connectivity index (χ2v) is 4.40. The van der Waals surface area contributed by atoms with Gasteiger partial charge in [-0.05, 0) is 19.5 Å². The smallest absolute Gasteiger partial charge is 0.311 e. The van der Waals surface area contributed by atoms with E-state index in [1.165, 1.54) is 5.56 Å². The van der Waals surface area contributed by atoms with Crippen LogP contribution in [0.1, 0.15) is 18.9 Å². The van der Waals surface area contributed by atoms with E-state index < -0.39 is 0 Å². The summed E-state index contributed by atoms with van der Waals surface area (Å²) in [5.74, 6) is -0.324. The van der Waals surface area contributed by atoms with Gasteiger partial charge in [0.2, 0.25) is 0 Å². The second-order valence-electron chi connectivity index (χ2n) is 4.40. The molecule has 0 atom stereocenters. The van der Waals surface area contributed by atoms with Crippen molar-refractivity contribution in [1.29, 1.82) is 5.41 Å². The predicted molar refractivity (Wildman–Crippen MR) is 71.8 cm³/mol. The van der Waals surface area contributed by atoms with Crippen LogP contribution in [0.3, 0.4) is 0 Å². The molecule has 0 aliphatic heterocycles. The highest BCUT2D eigenvalue weighted by atomic mass is 16.5. The molecule has 0 aromatic heterocycles. The summed E-state index contributed by atoms with van der Waals surface area (Å²) < 4.78 is 5.04. The van der Waals surface area contributed by atoms with Gasteiger partial charge in [0, 0.05) is 18.8 Å². The Morgan fingerprint density at radius 2 is 2.00 bits per heavy atom. The molecule has 1 aromatic carbocycles. The van der Waals surface area contributed by atoms with Crippen LogP contribution in [0.25, 0.3) is 0 Å². The van der Waals surface area contributed by atoms with Crippen LogP contribution in [-0.2, 0) is 16.1 Å². The van der Waals surface area contributed by atoms with E-state index in [9.17, 15) is 4.79 Å². The molecular weight excluding hydrogens is 228 g/mol. The number of nitrogens with one attached hydrogen (secondary N) is 1. The molecule has 1 N–H and O–H groups in total. The number of likely N-dealkylation sites (N-methyl/N-ethyl adjacent to an activating group) is 1. The molecule has 0 unspecified atom stereocenters. The van der Waals surface area contributed by atoms with E-state index in [2.05, 4.69) is 17.0 Å². The van der Waals surface area contributed by atoms with Gasteiger partial charge in [-0.2, -0.15) is 0 Å². The Hall–Kier alpha value is -1.68. The fourth-order valence-corrected chi connectivity index (χ4v) is 1.56. The van der Waals surface area contributed by atoms with Crippen LogP contribution in [0.5, 0.6) is 0 Å². The Morgan fingerprint density at radius 3 is 2.61 bits per heavy atom. The Labute approximate surface area is 108 Å². The fourth-order valence-electron chi connectivity index (χ4n) is 1.56. The Bertz CT molecular complexity index is 390. The maximum Gasteiger partial charge on any atom is 0.311 e. The normalized spacial score (nSPS) is 10.4. The molecule has 98 valence electrons. The fraction of sp³-hybridized carbons (Fsp3) is 0.429. The summed E-state index contributed by atoms with van der Waals surface area (Å²) in [5, 5.41) is 7.18. The van der Waals surface area contributed by atoms with Gasteiger partial charge in [0.1, 0.15) is 6.61 Å². The first kappa shape index (κ1) is 14.4. The van der Waals surface area contributed by atoms with Crippen molar-refractivity contribution >= 4 is 11.7 Å². The van der Waals surface area contributed by atoms with Crippen LogP contribution in [-0.4, -0.2) is 36.8 Å². The number of nitrogens with zero attached hydrogens (tertiary/aromatic N) is 1. The lowest BCUT2D eigenvalue weighted by atomic mass is 10.2. The molecule has 0 bridgehead atoms. The van der Waals surface area contributed by atoms with Gasteiger partial charge in [0.15, 0.2) is 0 Å².